The highest BCUT2D eigenvalue weighted by Crippen LogP contribution is 2.30. The summed E-state index contributed by atoms with van der Waals surface area (Å²) in [5, 5.41) is 14.2. The number of carbonyl (C=O) groups is 1. The van der Waals surface area contributed by atoms with Crippen LogP contribution < -0.4 is 16.8 Å². The number of anilines is 1. The predicted molar refractivity (Wildman–Crippen MR) is 82.2 cm³/mol. The van der Waals surface area contributed by atoms with Gasteiger partial charge in [-0.15, -0.1) is 0 Å². The van der Waals surface area contributed by atoms with E-state index in [0.29, 0.717) is 12.5 Å². The Morgan fingerprint density at radius 3 is 2.52 bits per heavy atom. The number of nitrogens with zero attached hydrogens (tertiary/aromatic N) is 1. The van der Waals surface area contributed by atoms with Crippen LogP contribution in [0.1, 0.15) is 37.6 Å². The van der Waals surface area contributed by atoms with E-state index in [1.807, 2.05) is 20.8 Å². The van der Waals surface area contributed by atoms with Gasteiger partial charge in [0.2, 0.25) is 5.91 Å². The molecular formula is C14H22N4O3. The van der Waals surface area contributed by atoms with Crippen LogP contribution in [0.25, 0.3) is 0 Å². The number of hydrogen-bond donors (Lipinski definition) is 3. The number of nitro groups is 1. The lowest BCUT2D eigenvalue weighted by atomic mass is 9.90. The molecular weight excluding hydrogens is 272 g/mol. The van der Waals surface area contributed by atoms with Crippen molar-refractivity contribution in [2.45, 2.75) is 32.7 Å². The van der Waals surface area contributed by atoms with E-state index in [1.54, 1.807) is 0 Å². The van der Waals surface area contributed by atoms with Gasteiger partial charge in [-0.3, -0.25) is 14.9 Å². The van der Waals surface area contributed by atoms with E-state index in [1.165, 1.54) is 18.2 Å². The number of primary amides is 1. The van der Waals surface area contributed by atoms with Crippen molar-refractivity contribution < 1.29 is 9.72 Å². The molecule has 0 heterocycles. The molecule has 0 aliphatic heterocycles. The first-order valence-electron chi connectivity index (χ1n) is 6.75. The van der Waals surface area contributed by atoms with Crippen LogP contribution >= 0.6 is 0 Å². The van der Waals surface area contributed by atoms with Crippen molar-refractivity contribution in [3.8, 4) is 0 Å². The maximum atomic E-state index is 11.2. The third-order valence-corrected chi connectivity index (χ3v) is 3.22. The molecule has 5 N–H and O–H groups in total. The van der Waals surface area contributed by atoms with Crippen molar-refractivity contribution in [1.82, 2.24) is 0 Å². The van der Waals surface area contributed by atoms with E-state index < -0.39 is 16.4 Å². The number of carbonyl (C=O) groups excluding carboxylic acids is 1. The fourth-order valence-corrected chi connectivity index (χ4v) is 2.36. The van der Waals surface area contributed by atoms with Gasteiger partial charge >= 0.3 is 0 Å². The van der Waals surface area contributed by atoms with Gasteiger partial charge < -0.3 is 16.8 Å². The normalized spacial score (nSPS) is 13.8. The predicted octanol–water partition coefficient (Wildman–Crippen LogP) is 1.87. The molecule has 0 fully saturated rings. The van der Waals surface area contributed by atoms with E-state index in [2.05, 4.69) is 5.32 Å². The van der Waals surface area contributed by atoms with Crippen LogP contribution in [0, 0.1) is 16.0 Å². The van der Waals surface area contributed by atoms with Crippen molar-refractivity contribution in [3.63, 3.8) is 0 Å². The maximum absolute atomic E-state index is 11.2. The molecule has 21 heavy (non-hydrogen) atoms. The molecule has 7 nitrogen and oxygen atoms in total. The van der Waals surface area contributed by atoms with Crippen LogP contribution in [0.2, 0.25) is 0 Å². The molecule has 0 aromatic heterocycles. The zero-order valence-corrected chi connectivity index (χ0v) is 12.6. The van der Waals surface area contributed by atoms with Crippen LogP contribution in [0.5, 0.6) is 0 Å². The highest BCUT2D eigenvalue weighted by atomic mass is 16.6. The molecule has 0 radical (unpaired) electrons. The maximum Gasteiger partial charge on any atom is 0.292 e. The molecule has 1 amide bonds. The molecule has 1 aromatic rings. The van der Waals surface area contributed by atoms with Crippen molar-refractivity contribution in [2.24, 2.45) is 17.4 Å². The number of benzene rings is 1. The monoisotopic (exact) mass is 294 g/mol. The van der Waals surface area contributed by atoms with E-state index >= 15 is 0 Å². The summed E-state index contributed by atoms with van der Waals surface area (Å²) >= 11 is 0. The molecule has 0 bridgehead atoms. The fraction of sp³-hybridized carbons (Fsp3) is 0.500. The molecule has 0 aliphatic rings. The third kappa shape index (κ3) is 4.42. The summed E-state index contributed by atoms with van der Waals surface area (Å²) in [6.45, 7) is 6.30. The second-order valence-corrected chi connectivity index (χ2v) is 5.84. The number of hydrogen-bond acceptors (Lipinski definition) is 5. The lowest BCUT2D eigenvalue weighted by molar-refractivity contribution is -0.384. The molecule has 116 valence electrons. The quantitative estimate of drug-likeness (QED) is 0.523. The van der Waals surface area contributed by atoms with Gasteiger partial charge in [0.05, 0.1) is 4.92 Å². The van der Waals surface area contributed by atoms with Crippen LogP contribution in [-0.2, 0) is 0 Å². The van der Waals surface area contributed by atoms with Gasteiger partial charge in [-0.2, -0.15) is 0 Å². The third-order valence-electron chi connectivity index (χ3n) is 3.22. The summed E-state index contributed by atoms with van der Waals surface area (Å²) in [6, 6.07) is 4.01. The fourth-order valence-electron chi connectivity index (χ4n) is 2.36. The summed E-state index contributed by atoms with van der Waals surface area (Å²) in [6.07, 6.45) is 0.738. The largest absolute Gasteiger partial charge is 0.373 e. The van der Waals surface area contributed by atoms with E-state index in [4.69, 9.17) is 11.5 Å². The van der Waals surface area contributed by atoms with Gasteiger partial charge in [-0.1, -0.05) is 13.8 Å². The minimum atomic E-state index is -0.633. The van der Waals surface area contributed by atoms with Gasteiger partial charge in [0.1, 0.15) is 5.69 Å². The number of rotatable bonds is 7. The van der Waals surface area contributed by atoms with Gasteiger partial charge in [-0.25, -0.2) is 0 Å². The van der Waals surface area contributed by atoms with Crippen molar-refractivity contribution in [3.05, 3.63) is 33.9 Å². The first-order valence-corrected chi connectivity index (χ1v) is 6.75. The topological polar surface area (TPSA) is 124 Å². The highest BCUT2D eigenvalue weighted by molar-refractivity contribution is 5.94. The van der Waals surface area contributed by atoms with Crippen LogP contribution in [-0.4, -0.2) is 22.9 Å². The van der Waals surface area contributed by atoms with Gasteiger partial charge in [0.25, 0.3) is 5.69 Å². The average Bonchev–Trinajstić information content (AvgIpc) is 2.37. The standard InChI is InChI=1S/C14H22N4O3/c1-9(2)7-14(3,8-15)17-11-6-10(13(16)19)4-5-12(11)18(20)21/h4-6,9,17H,7-8,15H2,1-3H3,(H2,16,19). The van der Waals surface area contributed by atoms with Crippen molar-refractivity contribution in [2.75, 3.05) is 11.9 Å². The van der Waals surface area contributed by atoms with Gasteiger partial charge in [0.15, 0.2) is 0 Å². The Kier molecular flexibility index (Phi) is 5.26. The minimum Gasteiger partial charge on any atom is -0.373 e. The molecule has 0 saturated heterocycles. The Balaban J connectivity index is 3.22. The second kappa shape index (κ2) is 6.53. The Morgan fingerprint density at radius 2 is 2.10 bits per heavy atom. The summed E-state index contributed by atoms with van der Waals surface area (Å²) in [5.74, 6) is -0.268. The Labute approximate surface area is 123 Å². The van der Waals surface area contributed by atoms with Crippen LogP contribution in [0.4, 0.5) is 11.4 Å². The highest BCUT2D eigenvalue weighted by Gasteiger charge is 2.27. The smallest absolute Gasteiger partial charge is 0.292 e. The van der Waals surface area contributed by atoms with Gasteiger partial charge in [-0.05, 0) is 31.4 Å². The average molecular weight is 294 g/mol. The van der Waals surface area contributed by atoms with Crippen LogP contribution in [0.15, 0.2) is 18.2 Å². The summed E-state index contributed by atoms with van der Waals surface area (Å²) in [5.41, 5.74) is 10.9. The first-order chi connectivity index (χ1) is 9.68. The number of nitrogens with one attached hydrogen (secondary N) is 1. The first kappa shape index (κ1) is 16.9. The number of nitrogens with two attached hydrogens (primary N) is 2. The Hall–Kier alpha value is -2.15. The van der Waals surface area contributed by atoms with Crippen LogP contribution in [0.3, 0.4) is 0 Å². The molecule has 0 spiro atoms. The number of nitro benzene ring substituents is 1. The Morgan fingerprint density at radius 1 is 1.48 bits per heavy atom. The molecule has 0 aliphatic carbocycles. The summed E-state index contributed by atoms with van der Waals surface area (Å²) in [4.78, 5) is 21.9. The van der Waals surface area contributed by atoms with E-state index in [9.17, 15) is 14.9 Å². The van der Waals surface area contributed by atoms with Gasteiger partial charge in [0, 0.05) is 23.7 Å². The molecule has 1 rings (SSSR count). The second-order valence-electron chi connectivity index (χ2n) is 5.84. The van der Waals surface area contributed by atoms with Crippen molar-refractivity contribution >= 4 is 17.3 Å². The summed E-state index contributed by atoms with van der Waals surface area (Å²) < 4.78 is 0. The SMILES string of the molecule is CC(C)CC(C)(CN)Nc1cc(C(N)=O)ccc1[N+](=O)[O-]. The zero-order chi connectivity index (χ0) is 16.2. The van der Waals surface area contributed by atoms with E-state index in [0.717, 1.165) is 6.42 Å². The van der Waals surface area contributed by atoms with E-state index in [-0.39, 0.29) is 16.9 Å². The molecule has 1 atom stereocenters. The molecule has 1 aromatic carbocycles. The number of amides is 1. The Bertz CT molecular complexity index is 545. The van der Waals surface area contributed by atoms with Crippen molar-refractivity contribution in [1.29, 1.82) is 0 Å². The summed E-state index contributed by atoms with van der Waals surface area (Å²) in [7, 11) is 0. The lowest BCUT2D eigenvalue weighted by Gasteiger charge is -2.32. The molecule has 1 unspecified atom stereocenters. The molecule has 7 heteroatoms. The molecule has 0 saturated carbocycles. The lowest BCUT2D eigenvalue weighted by Crippen LogP contribution is -2.43. The zero-order valence-electron chi connectivity index (χ0n) is 12.6. The minimum absolute atomic E-state index is 0.108.